The molecular formula is C11H12N2. The predicted molar refractivity (Wildman–Crippen MR) is 55.6 cm³/mol. The van der Waals surface area contributed by atoms with Crippen molar-refractivity contribution in [1.82, 2.24) is 4.98 Å². The number of nitrogens with zero attached hydrogens (tertiary/aromatic N) is 1. The first-order valence-corrected chi connectivity index (χ1v) is 4.30. The number of hydrogen-bond acceptors (Lipinski definition) is 2. The zero-order valence-corrected chi connectivity index (χ0v) is 7.83. The fourth-order valence-electron chi connectivity index (χ4n) is 1.60. The molecule has 66 valence electrons. The number of anilines is 1. The van der Waals surface area contributed by atoms with E-state index in [1.165, 1.54) is 11.1 Å². The van der Waals surface area contributed by atoms with Gasteiger partial charge in [-0.1, -0.05) is 12.1 Å². The summed E-state index contributed by atoms with van der Waals surface area (Å²) in [6.45, 7) is 4.11. The Morgan fingerprint density at radius 1 is 1.08 bits per heavy atom. The summed E-state index contributed by atoms with van der Waals surface area (Å²) in [5.74, 6) is 0. The van der Waals surface area contributed by atoms with Crippen molar-refractivity contribution in [2.75, 3.05) is 5.73 Å². The first-order chi connectivity index (χ1) is 6.20. The highest BCUT2D eigenvalue weighted by molar-refractivity contribution is 5.94. The summed E-state index contributed by atoms with van der Waals surface area (Å²) < 4.78 is 0. The van der Waals surface area contributed by atoms with E-state index in [0.717, 1.165) is 16.6 Å². The standard InChI is InChI=1S/C11H12N2/c1-7-3-4-8(2)11-10(7)9(12)5-6-13-11/h3-6H,1-2H3,(H2,12,13). The van der Waals surface area contributed by atoms with Gasteiger partial charge >= 0.3 is 0 Å². The molecule has 0 spiro atoms. The maximum Gasteiger partial charge on any atom is 0.0754 e. The van der Waals surface area contributed by atoms with Gasteiger partial charge in [-0.05, 0) is 31.0 Å². The van der Waals surface area contributed by atoms with Crippen molar-refractivity contribution in [3.8, 4) is 0 Å². The van der Waals surface area contributed by atoms with Crippen molar-refractivity contribution in [3.63, 3.8) is 0 Å². The molecule has 0 bridgehead atoms. The SMILES string of the molecule is Cc1ccc(C)c2c(N)ccnc12. The van der Waals surface area contributed by atoms with Crippen LogP contribution in [0.4, 0.5) is 5.69 Å². The Morgan fingerprint density at radius 3 is 2.46 bits per heavy atom. The molecular weight excluding hydrogens is 160 g/mol. The van der Waals surface area contributed by atoms with E-state index in [0.29, 0.717) is 0 Å². The van der Waals surface area contributed by atoms with Crippen molar-refractivity contribution in [1.29, 1.82) is 0 Å². The number of hydrogen-bond donors (Lipinski definition) is 1. The summed E-state index contributed by atoms with van der Waals surface area (Å²) in [5, 5.41) is 1.09. The molecule has 13 heavy (non-hydrogen) atoms. The molecule has 2 rings (SSSR count). The van der Waals surface area contributed by atoms with E-state index < -0.39 is 0 Å². The lowest BCUT2D eigenvalue weighted by atomic mass is 10.0. The van der Waals surface area contributed by atoms with Crippen LogP contribution in [0.3, 0.4) is 0 Å². The molecule has 2 aromatic rings. The highest BCUT2D eigenvalue weighted by atomic mass is 14.7. The van der Waals surface area contributed by atoms with Gasteiger partial charge in [-0.2, -0.15) is 0 Å². The van der Waals surface area contributed by atoms with E-state index >= 15 is 0 Å². The minimum absolute atomic E-state index is 0.811. The molecule has 0 saturated heterocycles. The van der Waals surface area contributed by atoms with E-state index in [9.17, 15) is 0 Å². The molecule has 0 amide bonds. The van der Waals surface area contributed by atoms with E-state index in [2.05, 4.69) is 24.0 Å². The molecule has 2 heteroatoms. The largest absolute Gasteiger partial charge is 0.398 e. The average Bonchev–Trinajstić information content (AvgIpc) is 2.12. The van der Waals surface area contributed by atoms with Crippen LogP contribution in [0.2, 0.25) is 0 Å². The zero-order valence-electron chi connectivity index (χ0n) is 7.83. The molecule has 2 nitrogen and oxygen atoms in total. The van der Waals surface area contributed by atoms with Gasteiger partial charge in [0.25, 0.3) is 0 Å². The predicted octanol–water partition coefficient (Wildman–Crippen LogP) is 2.43. The molecule has 0 aliphatic heterocycles. The molecule has 0 aliphatic rings. The fourth-order valence-corrected chi connectivity index (χ4v) is 1.60. The van der Waals surface area contributed by atoms with E-state index in [1.807, 2.05) is 13.0 Å². The van der Waals surface area contributed by atoms with Crippen molar-refractivity contribution < 1.29 is 0 Å². The first-order valence-electron chi connectivity index (χ1n) is 4.30. The summed E-state index contributed by atoms with van der Waals surface area (Å²) in [5.41, 5.74) is 10.1. The van der Waals surface area contributed by atoms with Gasteiger partial charge in [-0.3, -0.25) is 4.98 Å². The number of benzene rings is 1. The van der Waals surface area contributed by atoms with Crippen LogP contribution in [0.5, 0.6) is 0 Å². The van der Waals surface area contributed by atoms with Gasteiger partial charge in [-0.25, -0.2) is 0 Å². The second kappa shape index (κ2) is 2.73. The lowest BCUT2D eigenvalue weighted by Gasteiger charge is -2.06. The van der Waals surface area contributed by atoms with Crippen LogP contribution in [-0.4, -0.2) is 4.98 Å². The van der Waals surface area contributed by atoms with Crippen LogP contribution < -0.4 is 5.73 Å². The van der Waals surface area contributed by atoms with Crippen LogP contribution in [0.15, 0.2) is 24.4 Å². The molecule has 0 fully saturated rings. The first kappa shape index (κ1) is 8.05. The van der Waals surface area contributed by atoms with E-state index in [4.69, 9.17) is 5.73 Å². The van der Waals surface area contributed by atoms with Crippen LogP contribution >= 0.6 is 0 Å². The summed E-state index contributed by atoms with van der Waals surface area (Å²) in [4.78, 5) is 4.32. The molecule has 0 atom stereocenters. The van der Waals surface area contributed by atoms with Crippen molar-refractivity contribution in [2.45, 2.75) is 13.8 Å². The molecule has 0 radical (unpaired) electrons. The normalized spacial score (nSPS) is 10.6. The van der Waals surface area contributed by atoms with Crippen LogP contribution in [0.25, 0.3) is 10.9 Å². The topological polar surface area (TPSA) is 38.9 Å². The van der Waals surface area contributed by atoms with Crippen molar-refractivity contribution in [3.05, 3.63) is 35.5 Å². The monoisotopic (exact) mass is 172 g/mol. The van der Waals surface area contributed by atoms with Gasteiger partial charge in [0.1, 0.15) is 0 Å². The van der Waals surface area contributed by atoms with Crippen LogP contribution in [-0.2, 0) is 0 Å². The summed E-state index contributed by atoms with van der Waals surface area (Å²) in [6.07, 6.45) is 1.75. The smallest absolute Gasteiger partial charge is 0.0754 e. The minimum Gasteiger partial charge on any atom is -0.398 e. The highest BCUT2D eigenvalue weighted by Crippen LogP contribution is 2.24. The van der Waals surface area contributed by atoms with Gasteiger partial charge in [0, 0.05) is 17.3 Å². The Kier molecular flexibility index (Phi) is 1.69. The van der Waals surface area contributed by atoms with Crippen molar-refractivity contribution >= 4 is 16.6 Å². The average molecular weight is 172 g/mol. The molecule has 0 unspecified atom stereocenters. The fraction of sp³-hybridized carbons (Fsp3) is 0.182. The van der Waals surface area contributed by atoms with Gasteiger partial charge in [-0.15, -0.1) is 0 Å². The summed E-state index contributed by atoms with van der Waals surface area (Å²) >= 11 is 0. The Balaban J connectivity index is 3.00. The Bertz CT molecular complexity index is 453. The number of aryl methyl sites for hydroxylation is 2. The zero-order chi connectivity index (χ0) is 9.42. The Labute approximate surface area is 77.4 Å². The lowest BCUT2D eigenvalue weighted by Crippen LogP contribution is -1.92. The third kappa shape index (κ3) is 1.15. The second-order valence-corrected chi connectivity index (χ2v) is 3.32. The quantitative estimate of drug-likeness (QED) is 0.662. The van der Waals surface area contributed by atoms with Gasteiger partial charge in [0.2, 0.25) is 0 Å². The maximum atomic E-state index is 5.89. The number of nitrogens with two attached hydrogens (primary N) is 1. The van der Waals surface area contributed by atoms with Gasteiger partial charge in [0.05, 0.1) is 5.52 Å². The maximum absolute atomic E-state index is 5.89. The Morgan fingerprint density at radius 2 is 1.77 bits per heavy atom. The number of rotatable bonds is 0. The van der Waals surface area contributed by atoms with E-state index in [-0.39, 0.29) is 0 Å². The molecule has 1 aromatic heterocycles. The number of fused-ring (bicyclic) bond motifs is 1. The van der Waals surface area contributed by atoms with E-state index in [1.54, 1.807) is 6.20 Å². The third-order valence-electron chi connectivity index (χ3n) is 2.33. The molecule has 0 saturated carbocycles. The molecule has 0 aliphatic carbocycles. The molecule has 2 N–H and O–H groups in total. The number of aromatic nitrogens is 1. The molecule has 1 aromatic carbocycles. The number of nitrogen functional groups attached to an aromatic ring is 1. The van der Waals surface area contributed by atoms with Crippen LogP contribution in [0, 0.1) is 13.8 Å². The summed E-state index contributed by atoms with van der Waals surface area (Å²) in [7, 11) is 0. The number of pyridine rings is 1. The van der Waals surface area contributed by atoms with Crippen molar-refractivity contribution in [2.24, 2.45) is 0 Å². The second-order valence-electron chi connectivity index (χ2n) is 3.32. The third-order valence-corrected chi connectivity index (χ3v) is 2.33. The van der Waals surface area contributed by atoms with Crippen LogP contribution in [0.1, 0.15) is 11.1 Å². The lowest BCUT2D eigenvalue weighted by molar-refractivity contribution is 1.35. The molecule has 1 heterocycles. The summed E-state index contributed by atoms with van der Waals surface area (Å²) in [6, 6.07) is 5.99. The Hall–Kier alpha value is -1.57. The highest BCUT2D eigenvalue weighted by Gasteiger charge is 2.03. The van der Waals surface area contributed by atoms with Gasteiger partial charge in [0.15, 0.2) is 0 Å². The minimum atomic E-state index is 0.811. The van der Waals surface area contributed by atoms with Gasteiger partial charge < -0.3 is 5.73 Å².